The van der Waals surface area contributed by atoms with Crippen molar-refractivity contribution in [3.63, 3.8) is 0 Å². The monoisotopic (exact) mass is 370 g/mol. The molecule has 5 nitrogen and oxygen atoms in total. The van der Waals surface area contributed by atoms with Crippen molar-refractivity contribution in [2.75, 3.05) is 5.43 Å². The van der Waals surface area contributed by atoms with Crippen LogP contribution in [-0.2, 0) is 0 Å². The van der Waals surface area contributed by atoms with Crippen LogP contribution >= 0.6 is 0 Å². The van der Waals surface area contributed by atoms with E-state index in [9.17, 15) is 13.9 Å². The molecule has 0 amide bonds. The van der Waals surface area contributed by atoms with Gasteiger partial charge in [0.05, 0.1) is 16.8 Å². The molecule has 4 N–H and O–H groups in total. The van der Waals surface area contributed by atoms with E-state index in [1.807, 2.05) is 19.1 Å². The lowest BCUT2D eigenvalue weighted by Crippen LogP contribution is -2.07. The van der Waals surface area contributed by atoms with E-state index in [2.05, 4.69) is 15.7 Å². The third kappa shape index (κ3) is 3.21. The summed E-state index contributed by atoms with van der Waals surface area (Å²) < 4.78 is 27.9. The molecule has 0 unspecified atom stereocenters. The number of phenolic OH excluding ortho intramolecular Hbond substituents is 1. The Morgan fingerprint density at radius 1 is 0.963 bits per heavy atom. The highest BCUT2D eigenvalue weighted by molar-refractivity contribution is 6.02. The average Bonchev–Trinajstić information content (AvgIpc) is 2.62. The van der Waals surface area contributed by atoms with Gasteiger partial charge in [-0.3, -0.25) is 5.84 Å². The number of hydrazine groups is 1. The number of fused-ring (bicyclic) bond motifs is 1. The summed E-state index contributed by atoms with van der Waals surface area (Å²) in [6.07, 6.45) is 0. The molecule has 0 heterocycles. The van der Waals surface area contributed by atoms with Crippen molar-refractivity contribution in [2.24, 2.45) is 16.1 Å². The molecule has 0 aromatic heterocycles. The summed E-state index contributed by atoms with van der Waals surface area (Å²) in [4.78, 5) is 0. The van der Waals surface area contributed by atoms with E-state index < -0.39 is 11.6 Å². The Balaban J connectivity index is 2.19. The predicted octanol–water partition coefficient (Wildman–Crippen LogP) is 5.76. The number of azo groups is 1. The van der Waals surface area contributed by atoms with Crippen LogP contribution in [0, 0.1) is 39.3 Å². The van der Waals surface area contributed by atoms with Gasteiger partial charge in [0.1, 0.15) is 17.3 Å². The largest absolute Gasteiger partial charge is 0.505 e. The highest BCUT2D eigenvalue weighted by Crippen LogP contribution is 2.42. The van der Waals surface area contributed by atoms with Gasteiger partial charge in [-0.2, -0.15) is 0 Å². The summed E-state index contributed by atoms with van der Waals surface area (Å²) in [6, 6.07) is 6.69. The fraction of sp³-hybridized carbons (Fsp3) is 0.200. The van der Waals surface area contributed by atoms with E-state index >= 15 is 0 Å². The normalized spacial score (nSPS) is 11.5. The lowest BCUT2D eigenvalue weighted by Gasteiger charge is -2.13. The van der Waals surface area contributed by atoms with Crippen LogP contribution in [0.5, 0.6) is 5.75 Å². The van der Waals surface area contributed by atoms with E-state index in [1.54, 1.807) is 13.0 Å². The van der Waals surface area contributed by atoms with Gasteiger partial charge in [-0.25, -0.2) is 8.78 Å². The Labute approximate surface area is 155 Å². The molecule has 0 spiro atoms. The van der Waals surface area contributed by atoms with Crippen molar-refractivity contribution in [1.29, 1.82) is 0 Å². The predicted molar refractivity (Wildman–Crippen MR) is 103 cm³/mol. The lowest BCUT2D eigenvalue weighted by molar-refractivity contribution is 0.482. The number of nitrogens with zero attached hydrogens (tertiary/aromatic N) is 2. The summed E-state index contributed by atoms with van der Waals surface area (Å²) in [5.41, 5.74) is 5.16. The van der Waals surface area contributed by atoms with Gasteiger partial charge in [-0.05, 0) is 56.3 Å². The number of rotatable bonds is 3. The van der Waals surface area contributed by atoms with Gasteiger partial charge in [-0.1, -0.05) is 6.07 Å². The molecule has 7 heteroatoms. The summed E-state index contributed by atoms with van der Waals surface area (Å²) >= 11 is 0. The Kier molecular flexibility index (Phi) is 4.80. The molecule has 0 atom stereocenters. The number of aryl methyl sites for hydroxylation is 2. The number of halogens is 2. The number of nitrogens with one attached hydrogen (secondary N) is 1. The minimum absolute atomic E-state index is 0.0646. The first-order chi connectivity index (χ1) is 12.7. The van der Waals surface area contributed by atoms with Crippen molar-refractivity contribution in [3.8, 4) is 5.75 Å². The second kappa shape index (κ2) is 6.92. The number of benzene rings is 3. The molecule has 0 saturated heterocycles. The Morgan fingerprint density at radius 2 is 1.67 bits per heavy atom. The van der Waals surface area contributed by atoms with Gasteiger partial charge >= 0.3 is 0 Å². The zero-order valence-electron chi connectivity index (χ0n) is 15.5. The molecule has 3 rings (SSSR count). The minimum Gasteiger partial charge on any atom is -0.505 e. The lowest BCUT2D eigenvalue weighted by atomic mass is 10.0. The zero-order valence-corrected chi connectivity index (χ0v) is 15.5. The molecular formula is C20H20F2N4O. The Hall–Kier alpha value is -3.06. The highest BCUT2D eigenvalue weighted by Gasteiger charge is 2.16. The van der Waals surface area contributed by atoms with Crippen LogP contribution in [0.3, 0.4) is 0 Å². The molecule has 0 bridgehead atoms. The average molecular weight is 370 g/mol. The molecule has 3 aromatic rings. The number of nitrogen functional groups attached to an aromatic ring is 1. The summed E-state index contributed by atoms with van der Waals surface area (Å²) in [7, 11) is 0. The SMILES string of the molecule is Cc1cc(NN)c2c(O)c(N=Nc3cc(F)c(C)c(F)c3C)c(C)cc2c1. The maximum Gasteiger partial charge on any atom is 0.153 e. The third-order valence-electron chi connectivity index (χ3n) is 4.60. The molecule has 0 aliphatic rings. The van der Waals surface area contributed by atoms with E-state index in [-0.39, 0.29) is 28.3 Å². The van der Waals surface area contributed by atoms with Gasteiger partial charge in [0, 0.05) is 17.2 Å². The molecule has 3 aromatic carbocycles. The Bertz CT molecular complexity index is 1090. The number of anilines is 1. The van der Waals surface area contributed by atoms with Gasteiger partial charge in [0.2, 0.25) is 0 Å². The van der Waals surface area contributed by atoms with Crippen molar-refractivity contribution in [3.05, 3.63) is 58.2 Å². The number of phenols is 1. The number of aromatic hydroxyl groups is 1. The molecule has 0 saturated carbocycles. The molecular weight excluding hydrogens is 350 g/mol. The quantitative estimate of drug-likeness (QED) is 0.311. The Morgan fingerprint density at radius 3 is 2.33 bits per heavy atom. The first-order valence-corrected chi connectivity index (χ1v) is 8.35. The third-order valence-corrected chi connectivity index (χ3v) is 4.60. The molecule has 140 valence electrons. The fourth-order valence-corrected chi connectivity index (χ4v) is 3.08. The van der Waals surface area contributed by atoms with Gasteiger partial charge in [0.25, 0.3) is 0 Å². The summed E-state index contributed by atoms with van der Waals surface area (Å²) in [6.45, 7) is 6.56. The number of nitrogens with two attached hydrogens (primary N) is 1. The van der Waals surface area contributed by atoms with Crippen LogP contribution in [0.2, 0.25) is 0 Å². The van der Waals surface area contributed by atoms with Crippen LogP contribution in [0.25, 0.3) is 10.8 Å². The van der Waals surface area contributed by atoms with Crippen molar-refractivity contribution >= 4 is 27.8 Å². The van der Waals surface area contributed by atoms with Crippen LogP contribution in [-0.4, -0.2) is 5.11 Å². The number of hydrogen-bond donors (Lipinski definition) is 3. The van der Waals surface area contributed by atoms with Crippen LogP contribution < -0.4 is 11.3 Å². The van der Waals surface area contributed by atoms with Gasteiger partial charge in [0.15, 0.2) is 5.75 Å². The summed E-state index contributed by atoms with van der Waals surface area (Å²) in [5, 5.41) is 20.1. The first-order valence-electron chi connectivity index (χ1n) is 8.35. The molecule has 0 aliphatic carbocycles. The van der Waals surface area contributed by atoms with Crippen LogP contribution in [0.1, 0.15) is 22.3 Å². The van der Waals surface area contributed by atoms with E-state index in [0.717, 1.165) is 17.0 Å². The van der Waals surface area contributed by atoms with Gasteiger partial charge in [-0.15, -0.1) is 10.2 Å². The van der Waals surface area contributed by atoms with E-state index in [0.29, 0.717) is 16.6 Å². The van der Waals surface area contributed by atoms with Gasteiger partial charge < -0.3 is 10.5 Å². The molecule has 0 fully saturated rings. The second-order valence-electron chi connectivity index (χ2n) is 6.59. The molecule has 0 radical (unpaired) electrons. The summed E-state index contributed by atoms with van der Waals surface area (Å²) in [5.74, 6) is 4.11. The second-order valence-corrected chi connectivity index (χ2v) is 6.59. The van der Waals surface area contributed by atoms with Crippen molar-refractivity contribution in [1.82, 2.24) is 0 Å². The van der Waals surface area contributed by atoms with Crippen molar-refractivity contribution < 1.29 is 13.9 Å². The topological polar surface area (TPSA) is 83.0 Å². The smallest absolute Gasteiger partial charge is 0.153 e. The van der Waals surface area contributed by atoms with E-state index in [4.69, 9.17) is 5.84 Å². The molecule has 27 heavy (non-hydrogen) atoms. The van der Waals surface area contributed by atoms with Crippen LogP contribution in [0.4, 0.5) is 25.8 Å². The maximum absolute atomic E-state index is 14.1. The minimum atomic E-state index is -0.698. The standard InChI is InChI=1S/C20H20F2N4O/c1-9-5-13-7-10(2)19(20(27)17(13)16(6-9)24-23)26-25-15-8-14(21)11(3)18(22)12(15)4/h5-8,24,27H,23H2,1-4H3. The molecule has 0 aliphatic heterocycles. The maximum atomic E-state index is 14.1. The highest BCUT2D eigenvalue weighted by atomic mass is 19.1. The van der Waals surface area contributed by atoms with Crippen LogP contribution in [0.15, 0.2) is 34.5 Å². The zero-order chi connectivity index (χ0) is 19.9. The first kappa shape index (κ1) is 18.7. The van der Waals surface area contributed by atoms with Crippen molar-refractivity contribution in [2.45, 2.75) is 27.7 Å². The van der Waals surface area contributed by atoms with E-state index in [1.165, 1.54) is 13.8 Å². The number of hydrogen-bond acceptors (Lipinski definition) is 5. The fourth-order valence-electron chi connectivity index (χ4n) is 3.08.